The Morgan fingerprint density at radius 3 is 1.31 bits per heavy atom. The monoisotopic (exact) mass is 414 g/mol. The van der Waals surface area contributed by atoms with Crippen LogP contribution in [-0.2, 0) is 14.3 Å². The molecule has 29 heavy (non-hydrogen) atoms. The van der Waals surface area contributed by atoms with Crippen LogP contribution in [0, 0.1) is 22.7 Å². The molecule has 2 atom stereocenters. The third-order valence-electron chi connectivity index (χ3n) is 4.12. The van der Waals surface area contributed by atoms with Gasteiger partial charge < -0.3 is 15.8 Å². The third kappa shape index (κ3) is 12.7. The fraction of sp³-hybridized carbons (Fsp3) is 0.870. The molecule has 0 fully saturated rings. The van der Waals surface area contributed by atoms with Gasteiger partial charge in [-0.3, -0.25) is 9.59 Å². The number of nitrogens with two attached hydrogens (primary N) is 1. The molecule has 172 valence electrons. The Hall–Kier alpha value is -1.43. The van der Waals surface area contributed by atoms with Crippen LogP contribution in [0.25, 0.3) is 0 Å². The van der Waals surface area contributed by atoms with Gasteiger partial charge in [0.25, 0.3) is 0 Å². The molecule has 0 bridgehead atoms. The summed E-state index contributed by atoms with van der Waals surface area (Å²) in [6.07, 6.45) is -0.543. The number of ether oxygens (including phenoxy) is 1. The maximum Gasteiger partial charge on any atom is 0.408 e. The molecule has 0 aliphatic carbocycles. The minimum absolute atomic E-state index is 0.0170. The van der Waals surface area contributed by atoms with Crippen LogP contribution in [0.2, 0.25) is 0 Å². The number of hydrogen-bond donors (Lipinski definition) is 2. The molecule has 6 nitrogen and oxygen atoms in total. The second-order valence-corrected chi connectivity index (χ2v) is 11.4. The van der Waals surface area contributed by atoms with Gasteiger partial charge in [0, 0.05) is 10.8 Å². The summed E-state index contributed by atoms with van der Waals surface area (Å²) in [5.74, 6) is 0.432. The molecular weight excluding hydrogens is 368 g/mol. The number of nitrogens with one attached hydrogen (secondary N) is 1. The molecule has 6 heteroatoms. The highest BCUT2D eigenvalue weighted by molar-refractivity contribution is 5.91. The molecule has 0 rings (SSSR count). The minimum atomic E-state index is -0.559. The zero-order chi connectivity index (χ0) is 24.0. The van der Waals surface area contributed by atoms with E-state index in [-0.39, 0.29) is 34.9 Å². The zero-order valence-electron chi connectivity index (χ0n) is 21.0. The van der Waals surface area contributed by atoms with E-state index in [1.54, 1.807) is 20.8 Å². The molecule has 0 saturated carbocycles. The van der Waals surface area contributed by atoms with E-state index in [2.05, 4.69) is 5.32 Å². The Balaban J connectivity index is 0. The summed E-state index contributed by atoms with van der Waals surface area (Å²) in [7, 11) is 0. The van der Waals surface area contributed by atoms with Crippen molar-refractivity contribution in [1.29, 1.82) is 0 Å². The lowest BCUT2D eigenvalue weighted by Crippen LogP contribution is -2.49. The highest BCUT2D eigenvalue weighted by atomic mass is 16.6. The van der Waals surface area contributed by atoms with E-state index in [1.165, 1.54) is 0 Å². The molecule has 0 aromatic carbocycles. The quantitative estimate of drug-likeness (QED) is 0.677. The first-order valence-corrected chi connectivity index (χ1v) is 10.4. The Bertz CT molecular complexity index is 547. The molecule has 0 aromatic rings. The summed E-state index contributed by atoms with van der Waals surface area (Å²) in [5.41, 5.74) is 4.35. The molecule has 0 spiro atoms. The zero-order valence-corrected chi connectivity index (χ0v) is 21.0. The van der Waals surface area contributed by atoms with Gasteiger partial charge in [0.1, 0.15) is 5.60 Å². The molecule has 0 aliphatic rings. The Morgan fingerprint density at radius 1 is 0.724 bits per heavy atom. The summed E-state index contributed by atoms with van der Waals surface area (Å²) >= 11 is 0. The van der Waals surface area contributed by atoms with Crippen LogP contribution in [0.4, 0.5) is 4.79 Å². The molecule has 0 heterocycles. The standard InChI is InChI=1S/C14H27NO3.C9H19NO/c1-9(2)10(11(16)13(3,4)5)15-12(17)18-14(6,7)8;1-6(2)7(10)8(11)9(3,4)5/h9-10H,1-8H3,(H,15,17);6-7H,10H2,1-5H3. The van der Waals surface area contributed by atoms with Crippen LogP contribution in [0.1, 0.15) is 90.0 Å². The number of hydrogen-bond acceptors (Lipinski definition) is 5. The smallest absolute Gasteiger partial charge is 0.408 e. The van der Waals surface area contributed by atoms with E-state index in [0.29, 0.717) is 0 Å². The Kier molecular flexibility index (Phi) is 11.4. The van der Waals surface area contributed by atoms with Crippen molar-refractivity contribution in [1.82, 2.24) is 5.32 Å². The van der Waals surface area contributed by atoms with Crippen molar-refractivity contribution < 1.29 is 19.1 Å². The average Bonchev–Trinajstić information content (AvgIpc) is 2.47. The lowest BCUT2D eigenvalue weighted by atomic mass is 9.82. The lowest BCUT2D eigenvalue weighted by molar-refractivity contribution is -0.129. The summed E-state index contributed by atoms with van der Waals surface area (Å²) in [5, 5.41) is 2.67. The highest BCUT2D eigenvalue weighted by Gasteiger charge is 2.33. The van der Waals surface area contributed by atoms with Crippen molar-refractivity contribution in [2.24, 2.45) is 28.4 Å². The number of rotatable bonds is 5. The first-order chi connectivity index (χ1) is 12.6. The number of amides is 1. The van der Waals surface area contributed by atoms with Gasteiger partial charge in [0.05, 0.1) is 12.1 Å². The highest BCUT2D eigenvalue weighted by Crippen LogP contribution is 2.21. The predicted octanol–water partition coefficient (Wildman–Crippen LogP) is 4.74. The van der Waals surface area contributed by atoms with Gasteiger partial charge in [-0.05, 0) is 32.6 Å². The number of Topliss-reactive ketones (excluding diaryl/α,β-unsaturated/α-hetero) is 2. The van der Waals surface area contributed by atoms with Crippen LogP contribution in [-0.4, -0.2) is 35.3 Å². The van der Waals surface area contributed by atoms with Crippen molar-refractivity contribution in [3.63, 3.8) is 0 Å². The minimum Gasteiger partial charge on any atom is -0.444 e. The van der Waals surface area contributed by atoms with E-state index in [0.717, 1.165) is 0 Å². The van der Waals surface area contributed by atoms with Gasteiger partial charge in [-0.25, -0.2) is 4.79 Å². The Morgan fingerprint density at radius 2 is 1.10 bits per heavy atom. The van der Waals surface area contributed by atoms with Crippen LogP contribution in [0.3, 0.4) is 0 Å². The maximum atomic E-state index is 12.2. The van der Waals surface area contributed by atoms with Gasteiger partial charge in [0.2, 0.25) is 0 Å². The number of alkyl carbamates (subject to hydrolysis) is 1. The molecule has 3 N–H and O–H groups in total. The van der Waals surface area contributed by atoms with E-state index in [9.17, 15) is 14.4 Å². The maximum absolute atomic E-state index is 12.2. The summed E-state index contributed by atoms with van der Waals surface area (Å²) in [6.45, 7) is 24.4. The second-order valence-electron chi connectivity index (χ2n) is 11.4. The summed E-state index contributed by atoms with van der Waals surface area (Å²) < 4.78 is 5.18. The van der Waals surface area contributed by atoms with Gasteiger partial charge in [-0.2, -0.15) is 0 Å². The second kappa shape index (κ2) is 11.1. The molecule has 0 aliphatic heterocycles. The van der Waals surface area contributed by atoms with Crippen molar-refractivity contribution in [2.45, 2.75) is 108 Å². The van der Waals surface area contributed by atoms with Gasteiger partial charge >= 0.3 is 6.09 Å². The first-order valence-electron chi connectivity index (χ1n) is 10.4. The van der Waals surface area contributed by atoms with E-state index in [1.807, 2.05) is 69.2 Å². The summed E-state index contributed by atoms with van der Waals surface area (Å²) in [6, 6.07) is -0.824. The fourth-order valence-electron chi connectivity index (χ4n) is 2.24. The van der Waals surface area contributed by atoms with Crippen LogP contribution in [0.15, 0.2) is 0 Å². The van der Waals surface area contributed by atoms with Gasteiger partial charge in [-0.1, -0.05) is 69.2 Å². The van der Waals surface area contributed by atoms with Crippen LogP contribution >= 0.6 is 0 Å². The van der Waals surface area contributed by atoms with Gasteiger partial charge in [-0.15, -0.1) is 0 Å². The topological polar surface area (TPSA) is 98.5 Å². The molecule has 0 radical (unpaired) electrons. The molecular formula is C23H46N2O4. The normalized spacial score (nSPS) is 14.6. The molecule has 2 unspecified atom stereocenters. The SMILES string of the molecule is CC(C)C(N)C(=O)C(C)(C)C.CC(C)C(NC(=O)OC(C)(C)C)C(=O)C(C)(C)C. The fourth-order valence-corrected chi connectivity index (χ4v) is 2.24. The Labute approximate surface area is 178 Å². The van der Waals surface area contributed by atoms with E-state index >= 15 is 0 Å². The molecule has 0 aromatic heterocycles. The van der Waals surface area contributed by atoms with Crippen LogP contribution in [0.5, 0.6) is 0 Å². The van der Waals surface area contributed by atoms with Crippen molar-refractivity contribution in [3.05, 3.63) is 0 Å². The van der Waals surface area contributed by atoms with Crippen molar-refractivity contribution in [2.75, 3.05) is 0 Å². The third-order valence-corrected chi connectivity index (χ3v) is 4.12. The average molecular weight is 415 g/mol. The van der Waals surface area contributed by atoms with Crippen LogP contribution < -0.4 is 11.1 Å². The predicted molar refractivity (Wildman–Crippen MR) is 120 cm³/mol. The largest absolute Gasteiger partial charge is 0.444 e. The number of carbonyl (C=O) groups excluding carboxylic acids is 3. The lowest BCUT2D eigenvalue weighted by Gasteiger charge is -2.29. The first kappa shape index (κ1) is 29.8. The number of ketones is 2. The molecule has 0 saturated heterocycles. The van der Waals surface area contributed by atoms with Gasteiger partial charge in [0.15, 0.2) is 11.6 Å². The summed E-state index contributed by atoms with van der Waals surface area (Å²) in [4.78, 5) is 35.4. The van der Waals surface area contributed by atoms with Crippen molar-refractivity contribution >= 4 is 17.7 Å². The number of carbonyl (C=O) groups is 3. The van der Waals surface area contributed by atoms with Crippen molar-refractivity contribution in [3.8, 4) is 0 Å². The molecule has 1 amide bonds. The van der Waals surface area contributed by atoms with E-state index < -0.39 is 23.2 Å². The van der Waals surface area contributed by atoms with E-state index in [4.69, 9.17) is 10.5 Å².